The molecule has 0 radical (unpaired) electrons. The van der Waals surface area contributed by atoms with Crippen molar-refractivity contribution in [2.75, 3.05) is 18.1 Å². The first-order valence-electron chi connectivity index (χ1n) is 7.48. The first-order valence-corrected chi connectivity index (χ1v) is 7.86. The van der Waals surface area contributed by atoms with Crippen LogP contribution >= 0.6 is 11.6 Å². The van der Waals surface area contributed by atoms with Gasteiger partial charge in [-0.15, -0.1) is 0 Å². The number of carbonyl (C=O) groups is 2. The van der Waals surface area contributed by atoms with Gasteiger partial charge in [-0.05, 0) is 31.7 Å². The van der Waals surface area contributed by atoms with Gasteiger partial charge >= 0.3 is 0 Å². The van der Waals surface area contributed by atoms with Gasteiger partial charge < -0.3 is 9.47 Å². The van der Waals surface area contributed by atoms with Gasteiger partial charge in [0.15, 0.2) is 17.3 Å². The van der Waals surface area contributed by atoms with E-state index in [-0.39, 0.29) is 35.4 Å². The van der Waals surface area contributed by atoms with E-state index in [1.165, 1.54) is 0 Å². The van der Waals surface area contributed by atoms with Crippen LogP contribution in [0.5, 0.6) is 11.5 Å². The summed E-state index contributed by atoms with van der Waals surface area (Å²) in [5, 5.41) is 0.0535. The molecule has 1 aliphatic carbocycles. The van der Waals surface area contributed by atoms with Crippen molar-refractivity contribution < 1.29 is 23.5 Å². The second kappa shape index (κ2) is 5.23. The Morgan fingerprint density at radius 1 is 1.00 bits per heavy atom. The summed E-state index contributed by atoms with van der Waals surface area (Å²) in [7, 11) is 0. The summed E-state index contributed by atoms with van der Waals surface area (Å²) in [6.45, 7) is 0.470. The Morgan fingerprint density at radius 3 is 2.17 bits per heavy atom. The molecular formula is C16H13ClFNO4. The maximum Gasteiger partial charge on any atom is 0.261 e. The summed E-state index contributed by atoms with van der Waals surface area (Å²) in [5.74, 6) is -1.53. The quantitative estimate of drug-likeness (QED) is 0.739. The molecule has 0 aromatic heterocycles. The molecule has 1 aromatic carbocycles. The number of nitrogens with zero attached hydrogens (tertiary/aromatic N) is 1. The number of hydrogen-bond donors (Lipinski definition) is 0. The van der Waals surface area contributed by atoms with E-state index in [1.807, 2.05) is 0 Å². The number of halogens is 2. The van der Waals surface area contributed by atoms with Crippen molar-refractivity contribution in [1.82, 2.24) is 0 Å². The molecule has 120 valence electrons. The fraction of sp³-hybridized carbons (Fsp3) is 0.375. The normalized spacial score (nSPS) is 20.2. The van der Waals surface area contributed by atoms with Crippen LogP contribution in [0, 0.1) is 5.82 Å². The molecule has 2 aliphatic heterocycles. The number of imide groups is 1. The van der Waals surface area contributed by atoms with Gasteiger partial charge in [-0.1, -0.05) is 11.6 Å². The van der Waals surface area contributed by atoms with Crippen molar-refractivity contribution in [1.29, 1.82) is 0 Å². The van der Waals surface area contributed by atoms with Crippen LogP contribution in [0.4, 0.5) is 10.1 Å². The summed E-state index contributed by atoms with van der Waals surface area (Å²) in [4.78, 5) is 26.1. The number of rotatable bonds is 1. The highest BCUT2D eigenvalue weighted by molar-refractivity contribution is 6.35. The summed E-state index contributed by atoms with van der Waals surface area (Å²) in [5.41, 5.74) is 0.774. The van der Waals surface area contributed by atoms with Crippen molar-refractivity contribution in [2.24, 2.45) is 0 Å². The predicted octanol–water partition coefficient (Wildman–Crippen LogP) is 2.99. The standard InChI is InChI=1S/C16H13ClFNO4/c17-10-7-11(18)12(14-13(10)22-5-6-23-14)19-15(20)8-3-1-2-4-9(8)16(19)21/h7H,1-6H2. The topological polar surface area (TPSA) is 55.8 Å². The minimum Gasteiger partial charge on any atom is -0.484 e. The number of hydrogen-bond acceptors (Lipinski definition) is 4. The lowest BCUT2D eigenvalue weighted by atomic mass is 9.93. The highest BCUT2D eigenvalue weighted by Gasteiger charge is 2.43. The molecule has 23 heavy (non-hydrogen) atoms. The van der Waals surface area contributed by atoms with E-state index in [1.54, 1.807) is 0 Å². The summed E-state index contributed by atoms with van der Waals surface area (Å²) in [6, 6.07) is 1.04. The molecule has 2 amide bonds. The number of benzene rings is 1. The molecule has 0 N–H and O–H groups in total. The molecule has 2 heterocycles. The maximum atomic E-state index is 14.5. The predicted molar refractivity (Wildman–Crippen MR) is 80.4 cm³/mol. The molecule has 0 bridgehead atoms. The highest BCUT2D eigenvalue weighted by atomic mass is 35.5. The van der Waals surface area contributed by atoms with E-state index in [2.05, 4.69) is 0 Å². The molecule has 0 saturated heterocycles. The first kappa shape index (κ1) is 14.5. The zero-order chi connectivity index (χ0) is 16.1. The van der Waals surface area contributed by atoms with Gasteiger partial charge in [0.1, 0.15) is 18.9 Å². The lowest BCUT2D eigenvalue weighted by Crippen LogP contribution is -2.33. The lowest BCUT2D eigenvalue weighted by Gasteiger charge is -2.25. The molecule has 0 saturated carbocycles. The van der Waals surface area contributed by atoms with E-state index < -0.39 is 17.6 Å². The van der Waals surface area contributed by atoms with Gasteiger partial charge in [-0.2, -0.15) is 0 Å². The lowest BCUT2D eigenvalue weighted by molar-refractivity contribution is -0.120. The summed E-state index contributed by atoms with van der Waals surface area (Å²) >= 11 is 5.98. The third-order valence-electron chi connectivity index (χ3n) is 4.31. The van der Waals surface area contributed by atoms with Gasteiger partial charge in [0.25, 0.3) is 11.8 Å². The van der Waals surface area contributed by atoms with Crippen molar-refractivity contribution >= 4 is 29.1 Å². The summed E-state index contributed by atoms with van der Waals surface area (Å²) in [6.07, 6.45) is 2.80. The molecule has 3 aliphatic rings. The molecule has 5 nitrogen and oxygen atoms in total. The van der Waals surface area contributed by atoms with Crippen LogP contribution in [0.3, 0.4) is 0 Å². The molecule has 0 fully saturated rings. The monoisotopic (exact) mass is 337 g/mol. The molecule has 4 rings (SSSR count). The Hall–Kier alpha value is -2.08. The smallest absolute Gasteiger partial charge is 0.261 e. The van der Waals surface area contributed by atoms with Crippen LogP contribution in [-0.4, -0.2) is 25.0 Å². The van der Waals surface area contributed by atoms with Crippen LogP contribution < -0.4 is 14.4 Å². The SMILES string of the molecule is O=C1C2=C(CCCC2)C(=O)N1c1c(F)cc(Cl)c2c1OCCO2. The van der Waals surface area contributed by atoms with Crippen LogP contribution in [0.2, 0.25) is 5.02 Å². The number of ether oxygens (including phenoxy) is 2. The third kappa shape index (κ3) is 2.05. The molecule has 1 aromatic rings. The molecule has 0 spiro atoms. The van der Waals surface area contributed by atoms with Crippen molar-refractivity contribution in [3.8, 4) is 11.5 Å². The van der Waals surface area contributed by atoms with Crippen molar-refractivity contribution in [3.63, 3.8) is 0 Å². The van der Waals surface area contributed by atoms with Gasteiger partial charge in [0, 0.05) is 11.1 Å². The molecule has 7 heteroatoms. The Morgan fingerprint density at radius 2 is 1.57 bits per heavy atom. The minimum atomic E-state index is -0.777. The third-order valence-corrected chi connectivity index (χ3v) is 4.59. The van der Waals surface area contributed by atoms with Crippen molar-refractivity contribution in [2.45, 2.75) is 25.7 Å². The second-order valence-electron chi connectivity index (χ2n) is 5.65. The van der Waals surface area contributed by atoms with Crippen LogP contribution in [0.1, 0.15) is 25.7 Å². The number of fused-ring (bicyclic) bond motifs is 1. The second-order valence-corrected chi connectivity index (χ2v) is 6.06. The van der Waals surface area contributed by atoms with Gasteiger partial charge in [-0.3, -0.25) is 9.59 Å². The summed E-state index contributed by atoms with van der Waals surface area (Å²) < 4.78 is 25.4. The number of anilines is 1. The number of carbonyl (C=O) groups excluding carboxylic acids is 2. The first-order chi connectivity index (χ1) is 11.1. The average Bonchev–Trinajstić information content (AvgIpc) is 2.81. The van der Waals surface area contributed by atoms with Crippen LogP contribution in [-0.2, 0) is 9.59 Å². The fourth-order valence-corrected chi connectivity index (χ4v) is 3.51. The average molecular weight is 338 g/mol. The van der Waals surface area contributed by atoms with E-state index >= 15 is 0 Å². The molecule has 0 unspecified atom stereocenters. The largest absolute Gasteiger partial charge is 0.484 e. The number of amides is 2. The van der Waals surface area contributed by atoms with E-state index in [9.17, 15) is 14.0 Å². The fourth-order valence-electron chi connectivity index (χ4n) is 3.28. The van der Waals surface area contributed by atoms with Gasteiger partial charge in [-0.25, -0.2) is 9.29 Å². The molecule has 0 atom stereocenters. The maximum absolute atomic E-state index is 14.5. The Bertz CT molecular complexity index is 746. The van der Waals surface area contributed by atoms with Crippen LogP contribution in [0.15, 0.2) is 17.2 Å². The van der Waals surface area contributed by atoms with E-state index in [0.29, 0.717) is 24.0 Å². The van der Waals surface area contributed by atoms with Crippen LogP contribution in [0.25, 0.3) is 0 Å². The van der Waals surface area contributed by atoms with Gasteiger partial charge in [0.05, 0.1) is 5.02 Å². The molecular weight excluding hydrogens is 325 g/mol. The Balaban J connectivity index is 1.86. The van der Waals surface area contributed by atoms with E-state index in [4.69, 9.17) is 21.1 Å². The van der Waals surface area contributed by atoms with Crippen molar-refractivity contribution in [3.05, 3.63) is 28.1 Å². The van der Waals surface area contributed by atoms with E-state index in [0.717, 1.165) is 23.8 Å². The Kier molecular flexibility index (Phi) is 3.30. The minimum absolute atomic E-state index is 0.0165. The zero-order valence-corrected chi connectivity index (χ0v) is 12.9. The highest BCUT2D eigenvalue weighted by Crippen LogP contribution is 2.48. The zero-order valence-electron chi connectivity index (χ0n) is 12.2. The van der Waals surface area contributed by atoms with Gasteiger partial charge in [0.2, 0.25) is 0 Å². The Labute approximate surface area is 136 Å².